The number of halogens is 3. The molecule has 0 unspecified atom stereocenters. The van der Waals surface area contributed by atoms with E-state index in [9.17, 15) is 22.8 Å². The highest BCUT2D eigenvalue weighted by Crippen LogP contribution is 2.36. The molecule has 1 saturated heterocycles. The minimum Gasteiger partial charge on any atom is -0.302 e. The number of nitrogens with zero attached hydrogens (tertiary/aromatic N) is 2. The predicted molar refractivity (Wildman–Crippen MR) is 62.7 cm³/mol. The van der Waals surface area contributed by atoms with Gasteiger partial charge in [-0.1, -0.05) is 0 Å². The lowest BCUT2D eigenvalue weighted by Crippen LogP contribution is -2.34. The number of alkyl halides is 3. The van der Waals surface area contributed by atoms with Crippen molar-refractivity contribution in [2.75, 3.05) is 4.90 Å². The summed E-state index contributed by atoms with van der Waals surface area (Å²) in [7, 11) is 0. The normalized spacial score (nSPS) is 19.0. The van der Waals surface area contributed by atoms with Crippen molar-refractivity contribution in [3.05, 3.63) is 29.3 Å². The average Bonchev–Trinajstić information content (AvgIpc) is 2.78. The van der Waals surface area contributed by atoms with Gasteiger partial charge in [0.2, 0.25) is 5.91 Å². The summed E-state index contributed by atoms with van der Waals surface area (Å²) < 4.78 is 38.6. The maximum atomic E-state index is 12.9. The van der Waals surface area contributed by atoms with Crippen LogP contribution in [0.1, 0.15) is 24.0 Å². The van der Waals surface area contributed by atoms with Gasteiger partial charge in [0, 0.05) is 12.1 Å². The highest BCUT2D eigenvalue weighted by atomic mass is 19.4. The van der Waals surface area contributed by atoms with E-state index in [1.165, 1.54) is 12.1 Å². The molecule has 1 amide bonds. The highest BCUT2D eigenvalue weighted by molar-refractivity contribution is 6.00. The SMILES string of the molecule is N#Cc1ccc(N2C(=O)CC[C@@H]2C=O)cc1C(F)(F)F. The smallest absolute Gasteiger partial charge is 0.302 e. The van der Waals surface area contributed by atoms with Gasteiger partial charge in [0.25, 0.3) is 0 Å². The van der Waals surface area contributed by atoms with E-state index in [2.05, 4.69) is 0 Å². The molecular weight excluding hydrogens is 273 g/mol. The molecule has 0 radical (unpaired) electrons. The molecule has 1 atom stereocenters. The first-order chi connectivity index (χ1) is 9.38. The molecule has 1 aliphatic rings. The zero-order valence-electron chi connectivity index (χ0n) is 10.1. The molecule has 20 heavy (non-hydrogen) atoms. The average molecular weight is 282 g/mol. The number of carbonyl (C=O) groups is 2. The van der Waals surface area contributed by atoms with Crippen LogP contribution in [0.4, 0.5) is 18.9 Å². The Kier molecular flexibility index (Phi) is 3.49. The van der Waals surface area contributed by atoms with Crippen LogP contribution in [-0.4, -0.2) is 18.2 Å². The van der Waals surface area contributed by atoms with Gasteiger partial charge in [0.05, 0.1) is 23.2 Å². The van der Waals surface area contributed by atoms with Crippen LogP contribution in [-0.2, 0) is 15.8 Å². The molecule has 0 aromatic heterocycles. The Balaban J connectivity index is 2.52. The number of nitriles is 1. The first-order valence-electron chi connectivity index (χ1n) is 5.77. The number of carbonyl (C=O) groups excluding carboxylic acids is 2. The first kappa shape index (κ1) is 14.1. The van der Waals surface area contributed by atoms with Gasteiger partial charge in [0.1, 0.15) is 6.29 Å². The predicted octanol–water partition coefficient (Wildman–Crippen LogP) is 2.27. The minimum absolute atomic E-state index is 0.0177. The van der Waals surface area contributed by atoms with Gasteiger partial charge in [0.15, 0.2) is 0 Å². The number of amides is 1. The first-order valence-corrected chi connectivity index (χ1v) is 5.77. The summed E-state index contributed by atoms with van der Waals surface area (Å²) in [6, 6.07) is 3.69. The van der Waals surface area contributed by atoms with Crippen LogP contribution in [0.15, 0.2) is 18.2 Å². The fraction of sp³-hybridized carbons (Fsp3) is 0.308. The molecule has 4 nitrogen and oxygen atoms in total. The van der Waals surface area contributed by atoms with Crippen molar-refractivity contribution in [2.24, 2.45) is 0 Å². The van der Waals surface area contributed by atoms with Crippen molar-refractivity contribution in [2.45, 2.75) is 25.1 Å². The van der Waals surface area contributed by atoms with Crippen LogP contribution in [0.5, 0.6) is 0 Å². The minimum atomic E-state index is -4.69. The molecule has 1 heterocycles. The van der Waals surface area contributed by atoms with Gasteiger partial charge in [-0.2, -0.15) is 18.4 Å². The third kappa shape index (κ3) is 2.37. The Morgan fingerprint density at radius 2 is 2.10 bits per heavy atom. The monoisotopic (exact) mass is 282 g/mol. The van der Waals surface area contributed by atoms with Crippen molar-refractivity contribution < 1.29 is 22.8 Å². The molecule has 0 saturated carbocycles. The largest absolute Gasteiger partial charge is 0.417 e. The maximum Gasteiger partial charge on any atom is 0.417 e. The highest BCUT2D eigenvalue weighted by Gasteiger charge is 2.37. The van der Waals surface area contributed by atoms with Gasteiger partial charge < -0.3 is 9.69 Å². The van der Waals surface area contributed by atoms with E-state index in [-0.39, 0.29) is 18.5 Å². The lowest BCUT2D eigenvalue weighted by Gasteiger charge is -2.22. The summed E-state index contributed by atoms with van der Waals surface area (Å²) in [5.41, 5.74) is -1.65. The van der Waals surface area contributed by atoms with E-state index in [0.29, 0.717) is 6.29 Å². The lowest BCUT2D eigenvalue weighted by molar-refractivity contribution is -0.137. The second-order valence-corrected chi connectivity index (χ2v) is 4.35. The summed E-state index contributed by atoms with van der Waals surface area (Å²) in [4.78, 5) is 23.6. The number of hydrogen-bond acceptors (Lipinski definition) is 3. The molecule has 0 aliphatic carbocycles. The van der Waals surface area contributed by atoms with Crippen molar-refractivity contribution >= 4 is 17.9 Å². The standard InChI is InChI=1S/C13H9F3N2O2/c14-13(15,16)11-5-9(2-1-8(11)6-17)18-10(7-19)3-4-12(18)20/h1-2,5,7,10H,3-4H2/t10-/m1/s1. The van der Waals surface area contributed by atoms with Gasteiger partial charge >= 0.3 is 6.18 Å². The van der Waals surface area contributed by atoms with E-state index in [1.54, 1.807) is 0 Å². The van der Waals surface area contributed by atoms with Gasteiger partial charge in [-0.3, -0.25) is 4.79 Å². The Labute approximate surface area is 112 Å². The molecule has 1 aromatic carbocycles. The molecule has 1 aliphatic heterocycles. The Bertz CT molecular complexity index is 605. The second-order valence-electron chi connectivity index (χ2n) is 4.35. The number of anilines is 1. The van der Waals surface area contributed by atoms with Crippen molar-refractivity contribution in [1.29, 1.82) is 5.26 Å². The van der Waals surface area contributed by atoms with E-state index in [0.717, 1.165) is 17.0 Å². The third-order valence-electron chi connectivity index (χ3n) is 3.12. The number of aldehydes is 1. The van der Waals surface area contributed by atoms with Crippen molar-refractivity contribution in [1.82, 2.24) is 0 Å². The summed E-state index contributed by atoms with van der Waals surface area (Å²) in [6.45, 7) is 0. The van der Waals surface area contributed by atoms with Crippen LogP contribution < -0.4 is 4.90 Å². The molecule has 104 valence electrons. The van der Waals surface area contributed by atoms with Crippen molar-refractivity contribution in [3.8, 4) is 6.07 Å². The fourth-order valence-corrected chi connectivity index (χ4v) is 2.18. The van der Waals surface area contributed by atoms with E-state index < -0.39 is 29.3 Å². The van der Waals surface area contributed by atoms with E-state index in [4.69, 9.17) is 5.26 Å². The van der Waals surface area contributed by atoms with Crippen LogP contribution in [0.3, 0.4) is 0 Å². The molecule has 0 bridgehead atoms. The molecule has 1 aromatic rings. The Morgan fingerprint density at radius 1 is 1.40 bits per heavy atom. The Morgan fingerprint density at radius 3 is 2.65 bits per heavy atom. The van der Waals surface area contributed by atoms with Gasteiger partial charge in [-0.25, -0.2) is 0 Å². The van der Waals surface area contributed by atoms with E-state index in [1.807, 2.05) is 0 Å². The van der Waals surface area contributed by atoms with Gasteiger partial charge in [-0.15, -0.1) is 0 Å². The summed E-state index contributed by atoms with van der Waals surface area (Å²) in [6.07, 6.45) is -3.76. The lowest BCUT2D eigenvalue weighted by atomic mass is 10.1. The quantitative estimate of drug-likeness (QED) is 0.782. The summed E-state index contributed by atoms with van der Waals surface area (Å²) >= 11 is 0. The van der Waals surface area contributed by atoms with Crippen LogP contribution in [0, 0.1) is 11.3 Å². The van der Waals surface area contributed by atoms with Gasteiger partial charge in [-0.05, 0) is 24.6 Å². The second kappa shape index (κ2) is 4.96. The van der Waals surface area contributed by atoms with Crippen LogP contribution in [0.2, 0.25) is 0 Å². The maximum absolute atomic E-state index is 12.9. The fourth-order valence-electron chi connectivity index (χ4n) is 2.18. The summed E-state index contributed by atoms with van der Waals surface area (Å²) in [5, 5.41) is 8.70. The molecule has 2 rings (SSSR count). The topological polar surface area (TPSA) is 61.2 Å². The molecule has 0 spiro atoms. The summed E-state index contributed by atoms with van der Waals surface area (Å²) in [5.74, 6) is -0.403. The van der Waals surface area contributed by atoms with Crippen molar-refractivity contribution in [3.63, 3.8) is 0 Å². The number of hydrogen-bond donors (Lipinski definition) is 0. The Hall–Kier alpha value is -2.36. The zero-order valence-corrected chi connectivity index (χ0v) is 10.1. The molecule has 0 N–H and O–H groups in total. The molecule has 7 heteroatoms. The van der Waals surface area contributed by atoms with E-state index >= 15 is 0 Å². The van der Waals surface area contributed by atoms with Crippen LogP contribution >= 0.6 is 0 Å². The zero-order chi connectivity index (χ0) is 14.9. The molecule has 1 fully saturated rings. The molecular formula is C13H9F3N2O2. The van der Waals surface area contributed by atoms with Crippen LogP contribution in [0.25, 0.3) is 0 Å². The third-order valence-corrected chi connectivity index (χ3v) is 3.12. The number of rotatable bonds is 2. The number of benzene rings is 1.